The monoisotopic (exact) mass is 362 g/mol. The summed E-state index contributed by atoms with van der Waals surface area (Å²) in [6, 6.07) is 0. The Labute approximate surface area is 137 Å². The number of halogens is 5. The summed E-state index contributed by atoms with van der Waals surface area (Å²) < 4.78 is 75.4. The highest BCUT2D eigenvalue weighted by Crippen LogP contribution is 2.30. The van der Waals surface area contributed by atoms with Crippen molar-refractivity contribution < 1.29 is 36.0 Å². The maximum Gasteiger partial charge on any atom is 0.264 e. The first-order chi connectivity index (χ1) is 11.9. The highest BCUT2D eigenvalue weighted by atomic mass is 19.2. The van der Waals surface area contributed by atoms with Gasteiger partial charge in [0, 0.05) is 5.56 Å². The lowest BCUT2D eigenvalue weighted by molar-refractivity contribution is -0.118. The van der Waals surface area contributed by atoms with Gasteiger partial charge in [-0.15, -0.1) is 0 Å². The summed E-state index contributed by atoms with van der Waals surface area (Å²) in [6.07, 6.45) is 3.18. The van der Waals surface area contributed by atoms with E-state index in [2.05, 4.69) is 15.2 Å². The quantitative estimate of drug-likeness (QED) is 0.515. The summed E-state index contributed by atoms with van der Waals surface area (Å²) in [5.74, 6) is -13.2. The van der Waals surface area contributed by atoms with Gasteiger partial charge >= 0.3 is 0 Å². The highest BCUT2D eigenvalue weighted by molar-refractivity contribution is 5.91. The van der Waals surface area contributed by atoms with Gasteiger partial charge in [0.2, 0.25) is 35.0 Å². The smallest absolute Gasteiger partial charge is 0.264 e. The van der Waals surface area contributed by atoms with Crippen molar-refractivity contribution in [1.29, 1.82) is 0 Å². The predicted molar refractivity (Wildman–Crippen MR) is 73.5 cm³/mol. The zero-order chi connectivity index (χ0) is 18.1. The second kappa shape index (κ2) is 6.69. The van der Waals surface area contributed by atoms with Crippen LogP contribution in [0.5, 0.6) is 5.75 Å². The Hall–Kier alpha value is -2.65. The summed E-state index contributed by atoms with van der Waals surface area (Å²) in [5, 5.41) is 6.10. The molecule has 3 rings (SSSR count). The Morgan fingerprint density at radius 1 is 1.00 bits per heavy atom. The van der Waals surface area contributed by atoms with E-state index >= 15 is 0 Å². The standard InChI is InChI=1S/C15H11F5N2O3/c16-9-10(17)12(19)14(13(20)11(9)18)24-5-8(23)21-15-6-3-1-2-4-7(6)22-25-15/h1-5H2,(H,21,23). The molecule has 0 atom stereocenters. The van der Waals surface area contributed by atoms with Crippen LogP contribution in [0.25, 0.3) is 0 Å². The molecule has 1 aromatic carbocycles. The first-order valence-electron chi connectivity index (χ1n) is 7.31. The van der Waals surface area contributed by atoms with Gasteiger partial charge in [0.05, 0.1) is 5.69 Å². The number of benzene rings is 1. The minimum Gasteiger partial charge on any atom is -0.477 e. The van der Waals surface area contributed by atoms with Crippen LogP contribution < -0.4 is 10.1 Å². The number of nitrogens with zero attached hydrogens (tertiary/aromatic N) is 1. The molecule has 1 amide bonds. The third-order valence-corrected chi connectivity index (χ3v) is 3.73. The highest BCUT2D eigenvalue weighted by Gasteiger charge is 2.28. The normalized spacial score (nSPS) is 13.5. The fourth-order valence-electron chi connectivity index (χ4n) is 2.50. The van der Waals surface area contributed by atoms with E-state index in [0.717, 1.165) is 18.4 Å². The summed E-state index contributed by atoms with van der Waals surface area (Å²) in [5.41, 5.74) is 1.43. The largest absolute Gasteiger partial charge is 0.477 e. The molecule has 0 spiro atoms. The Morgan fingerprint density at radius 3 is 2.28 bits per heavy atom. The molecule has 1 aliphatic carbocycles. The molecule has 0 saturated heterocycles. The van der Waals surface area contributed by atoms with Gasteiger partial charge in [-0.3, -0.25) is 10.1 Å². The lowest BCUT2D eigenvalue weighted by Gasteiger charge is -2.11. The van der Waals surface area contributed by atoms with E-state index in [1.165, 1.54) is 0 Å². The van der Waals surface area contributed by atoms with Crippen LogP contribution in [0.3, 0.4) is 0 Å². The Morgan fingerprint density at radius 2 is 1.60 bits per heavy atom. The minimum atomic E-state index is -2.31. The van der Waals surface area contributed by atoms with Crippen LogP contribution >= 0.6 is 0 Å². The minimum absolute atomic E-state index is 0.0840. The molecule has 0 unspecified atom stereocenters. The van der Waals surface area contributed by atoms with Crippen LogP contribution in [-0.2, 0) is 17.6 Å². The van der Waals surface area contributed by atoms with E-state index in [1.807, 2.05) is 0 Å². The van der Waals surface area contributed by atoms with Gasteiger partial charge in [0.25, 0.3) is 5.91 Å². The van der Waals surface area contributed by atoms with Crippen molar-refractivity contribution >= 4 is 11.8 Å². The van der Waals surface area contributed by atoms with E-state index in [1.54, 1.807) is 0 Å². The van der Waals surface area contributed by atoms with Gasteiger partial charge in [-0.1, -0.05) is 5.16 Å². The molecular formula is C15H11F5N2O3. The SMILES string of the molecule is O=C(COc1c(F)c(F)c(F)c(F)c1F)Nc1onc2c1CCCC2. The summed E-state index contributed by atoms with van der Waals surface area (Å²) in [6.45, 7) is -0.978. The molecule has 0 saturated carbocycles. The predicted octanol–water partition coefficient (Wildman–Crippen LogP) is 3.27. The van der Waals surface area contributed by atoms with Gasteiger partial charge in [0.15, 0.2) is 12.4 Å². The molecule has 0 aliphatic heterocycles. The van der Waals surface area contributed by atoms with Crippen molar-refractivity contribution in [2.24, 2.45) is 0 Å². The zero-order valence-corrected chi connectivity index (χ0v) is 12.6. The maximum absolute atomic E-state index is 13.4. The summed E-state index contributed by atoms with van der Waals surface area (Å²) >= 11 is 0. The Kier molecular flexibility index (Phi) is 4.60. The van der Waals surface area contributed by atoms with Gasteiger partial charge < -0.3 is 9.26 Å². The second-order valence-electron chi connectivity index (χ2n) is 5.38. The molecular weight excluding hydrogens is 351 g/mol. The number of fused-ring (bicyclic) bond motifs is 1. The van der Waals surface area contributed by atoms with Gasteiger partial charge in [-0.25, -0.2) is 13.2 Å². The topological polar surface area (TPSA) is 64.4 Å². The Balaban J connectivity index is 1.70. The van der Waals surface area contributed by atoms with Crippen LogP contribution in [-0.4, -0.2) is 17.7 Å². The number of hydrogen-bond donors (Lipinski definition) is 1. The van der Waals surface area contributed by atoms with Gasteiger partial charge in [-0.2, -0.15) is 8.78 Å². The number of nitrogens with one attached hydrogen (secondary N) is 1. The third kappa shape index (κ3) is 3.15. The van der Waals surface area contributed by atoms with Crippen molar-refractivity contribution in [3.63, 3.8) is 0 Å². The van der Waals surface area contributed by atoms with Crippen LogP contribution in [0.2, 0.25) is 0 Å². The average molecular weight is 362 g/mol. The number of rotatable bonds is 4. The van der Waals surface area contributed by atoms with Crippen molar-refractivity contribution in [3.05, 3.63) is 40.3 Å². The molecule has 25 heavy (non-hydrogen) atoms. The van der Waals surface area contributed by atoms with Gasteiger partial charge in [0.1, 0.15) is 0 Å². The first kappa shape index (κ1) is 17.2. The van der Waals surface area contributed by atoms with Crippen molar-refractivity contribution in [2.75, 3.05) is 11.9 Å². The molecule has 1 N–H and O–H groups in total. The summed E-state index contributed by atoms with van der Waals surface area (Å²) in [7, 11) is 0. The van der Waals surface area contributed by atoms with Crippen molar-refractivity contribution in [3.8, 4) is 5.75 Å². The van der Waals surface area contributed by atoms with Crippen LogP contribution in [0.15, 0.2) is 4.52 Å². The third-order valence-electron chi connectivity index (χ3n) is 3.73. The molecule has 0 fully saturated rings. The van der Waals surface area contributed by atoms with E-state index in [0.29, 0.717) is 18.5 Å². The maximum atomic E-state index is 13.4. The van der Waals surface area contributed by atoms with E-state index in [4.69, 9.17) is 4.52 Å². The number of ether oxygens (including phenoxy) is 1. The first-order valence-corrected chi connectivity index (χ1v) is 7.31. The second-order valence-corrected chi connectivity index (χ2v) is 5.38. The zero-order valence-electron chi connectivity index (χ0n) is 12.6. The van der Waals surface area contributed by atoms with E-state index < -0.39 is 47.3 Å². The van der Waals surface area contributed by atoms with Crippen molar-refractivity contribution in [1.82, 2.24) is 5.16 Å². The molecule has 0 radical (unpaired) electrons. The van der Waals surface area contributed by atoms with Crippen LogP contribution in [0, 0.1) is 29.1 Å². The number of hydrogen-bond acceptors (Lipinski definition) is 4. The molecule has 1 aromatic heterocycles. The van der Waals surface area contributed by atoms with Gasteiger partial charge in [-0.05, 0) is 25.7 Å². The fraction of sp³-hybridized carbons (Fsp3) is 0.333. The number of amides is 1. The fourth-order valence-corrected chi connectivity index (χ4v) is 2.50. The van der Waals surface area contributed by atoms with Crippen LogP contribution in [0.4, 0.5) is 27.8 Å². The lowest BCUT2D eigenvalue weighted by atomic mass is 9.98. The molecule has 1 heterocycles. The number of aryl methyl sites for hydroxylation is 1. The van der Waals surface area contributed by atoms with E-state index in [9.17, 15) is 26.7 Å². The average Bonchev–Trinajstić information content (AvgIpc) is 3.01. The summed E-state index contributed by atoms with van der Waals surface area (Å²) in [4.78, 5) is 11.8. The molecule has 2 aromatic rings. The molecule has 10 heteroatoms. The Bertz CT molecular complexity index is 808. The molecule has 5 nitrogen and oxygen atoms in total. The lowest BCUT2D eigenvalue weighted by Crippen LogP contribution is -2.22. The number of carbonyl (C=O) groups excluding carboxylic acids is 1. The van der Waals surface area contributed by atoms with E-state index in [-0.39, 0.29) is 5.88 Å². The van der Waals surface area contributed by atoms with Crippen molar-refractivity contribution in [2.45, 2.75) is 25.7 Å². The molecule has 1 aliphatic rings. The number of carbonyl (C=O) groups is 1. The molecule has 134 valence electrons. The number of aromatic nitrogens is 1. The molecule has 0 bridgehead atoms. The van der Waals surface area contributed by atoms with Crippen LogP contribution in [0.1, 0.15) is 24.1 Å². The number of anilines is 1.